The molecule has 0 amide bonds. The van der Waals surface area contributed by atoms with E-state index in [9.17, 15) is 0 Å². The van der Waals surface area contributed by atoms with Crippen LogP contribution in [0, 0.1) is 0 Å². The summed E-state index contributed by atoms with van der Waals surface area (Å²) in [4.78, 5) is 34.5. The van der Waals surface area contributed by atoms with E-state index in [0.717, 1.165) is 55.7 Å². The molecule has 16 rings (SSSR count). The molecular formula is C71H45N9S. The lowest BCUT2D eigenvalue weighted by atomic mass is 10.0. The van der Waals surface area contributed by atoms with Gasteiger partial charge in [-0.3, -0.25) is 9.13 Å². The third-order valence-corrected chi connectivity index (χ3v) is 15.9. The Balaban J connectivity index is 0.000000140. The number of fused-ring (bicyclic) bond motifs is 9. The van der Waals surface area contributed by atoms with Gasteiger partial charge >= 0.3 is 0 Å². The van der Waals surface area contributed by atoms with Gasteiger partial charge in [0.15, 0.2) is 29.1 Å². The van der Waals surface area contributed by atoms with E-state index in [1.165, 1.54) is 52.8 Å². The smallest absolute Gasteiger partial charge is 0.238 e. The highest BCUT2D eigenvalue weighted by molar-refractivity contribution is 7.25. The molecule has 0 fully saturated rings. The zero-order valence-corrected chi connectivity index (χ0v) is 44.2. The highest BCUT2D eigenvalue weighted by Gasteiger charge is 2.21. The van der Waals surface area contributed by atoms with E-state index in [0.29, 0.717) is 35.1 Å². The first-order valence-electron chi connectivity index (χ1n) is 26.8. The molecule has 0 N–H and O–H groups in total. The number of hydrogen-bond acceptors (Lipinski definition) is 8. The Labute approximate surface area is 469 Å². The number of thiophene rings is 1. The van der Waals surface area contributed by atoms with E-state index in [-0.39, 0.29) is 0 Å². The molecule has 0 radical (unpaired) electrons. The lowest BCUT2D eigenvalue weighted by molar-refractivity contribution is 0.954. The van der Waals surface area contributed by atoms with Gasteiger partial charge in [-0.1, -0.05) is 218 Å². The maximum Gasteiger partial charge on any atom is 0.238 e. The molecule has 0 unspecified atom stereocenters. The summed E-state index contributed by atoms with van der Waals surface area (Å²) >= 11 is 1.82. The van der Waals surface area contributed by atoms with Crippen LogP contribution in [0.1, 0.15) is 0 Å². The van der Waals surface area contributed by atoms with Crippen LogP contribution in [-0.4, -0.2) is 44.0 Å². The first-order valence-corrected chi connectivity index (χ1v) is 27.6. The van der Waals surface area contributed by atoms with Gasteiger partial charge in [-0.15, -0.1) is 11.3 Å². The van der Waals surface area contributed by atoms with Crippen molar-refractivity contribution in [1.29, 1.82) is 0 Å². The number of nitrogens with zero attached hydrogens (tertiary/aromatic N) is 9. The van der Waals surface area contributed by atoms with Gasteiger partial charge < -0.3 is 0 Å². The minimum Gasteiger partial charge on any atom is -0.294 e. The van der Waals surface area contributed by atoms with Crippen molar-refractivity contribution >= 4 is 75.1 Å². The Morgan fingerprint density at radius 1 is 0.247 bits per heavy atom. The normalized spacial score (nSPS) is 11.5. The average Bonchev–Trinajstić information content (AvgIpc) is 4.33. The second-order valence-corrected chi connectivity index (χ2v) is 20.8. The van der Waals surface area contributed by atoms with E-state index in [1.807, 2.05) is 157 Å². The Morgan fingerprint density at radius 3 is 1.21 bits per heavy atom. The van der Waals surface area contributed by atoms with Gasteiger partial charge in [0.2, 0.25) is 5.95 Å². The van der Waals surface area contributed by atoms with Crippen LogP contribution in [0.2, 0.25) is 0 Å². The monoisotopic (exact) mass is 1060 g/mol. The van der Waals surface area contributed by atoms with Crippen molar-refractivity contribution in [3.8, 4) is 79.8 Å². The predicted molar refractivity (Wildman–Crippen MR) is 332 cm³/mol. The van der Waals surface area contributed by atoms with E-state index < -0.39 is 0 Å². The minimum absolute atomic E-state index is 0.584. The first kappa shape index (κ1) is 47.4. The Morgan fingerprint density at radius 2 is 0.667 bits per heavy atom. The number of benzene rings is 10. The lowest BCUT2D eigenvalue weighted by Gasteiger charge is -2.10. The summed E-state index contributed by atoms with van der Waals surface area (Å²) in [7, 11) is 0. The molecule has 0 spiro atoms. The van der Waals surface area contributed by atoms with Gasteiger partial charge in [0.1, 0.15) is 5.82 Å². The quantitative estimate of drug-likeness (QED) is 0.149. The molecular weight excluding hydrogens is 1010 g/mol. The van der Waals surface area contributed by atoms with Gasteiger partial charge in [-0.25, -0.2) is 24.9 Å². The second-order valence-electron chi connectivity index (χ2n) is 19.7. The molecule has 0 aliphatic heterocycles. The van der Waals surface area contributed by atoms with E-state index in [1.54, 1.807) is 0 Å². The summed E-state index contributed by atoms with van der Waals surface area (Å²) in [6.45, 7) is 0. The van der Waals surface area contributed by atoms with Crippen LogP contribution in [0.25, 0.3) is 144 Å². The molecule has 6 aromatic heterocycles. The second kappa shape index (κ2) is 20.2. The highest BCUT2D eigenvalue weighted by atomic mass is 32.1. The Bertz CT molecular complexity index is 4850. The van der Waals surface area contributed by atoms with Crippen LogP contribution in [0.15, 0.2) is 273 Å². The predicted octanol–water partition coefficient (Wildman–Crippen LogP) is 17.7. The molecule has 0 aliphatic carbocycles. The van der Waals surface area contributed by atoms with Crippen LogP contribution in [0.5, 0.6) is 0 Å². The molecule has 0 atom stereocenters. The molecule has 6 heterocycles. The summed E-state index contributed by atoms with van der Waals surface area (Å²) in [5, 5.41) is 7.34. The standard InChI is InChI=1S/C38H25N5.C33H20N4S/c1-4-12-26(13-5-1)29-20-22-32-31-18-10-11-19-33(31)43(34(32)24-29)35-23-21-30(25-39-35)38-41-36(27-14-6-2-7-15-27)40-37(42-38)28-16-8-3-9-17-28;1-3-11-21(12-4-1)31-34-32(22-13-5-2-6-14-22)36-33(35-31)37-27-17-9-7-15-23(27)25-19-26-24-16-8-10-18-29(24)38-30(26)20-28(25)37/h1-25H;1-20H. The molecule has 10 heteroatoms. The average molecular weight is 1060 g/mol. The van der Waals surface area contributed by atoms with Crippen LogP contribution in [-0.2, 0) is 0 Å². The van der Waals surface area contributed by atoms with Crippen molar-refractivity contribution in [2.24, 2.45) is 0 Å². The summed E-state index contributed by atoms with van der Waals surface area (Å²) in [5.41, 5.74) is 11.4. The van der Waals surface area contributed by atoms with Crippen LogP contribution < -0.4 is 0 Å². The Hall–Kier alpha value is -10.8. The van der Waals surface area contributed by atoms with Gasteiger partial charge in [0.25, 0.3) is 0 Å². The van der Waals surface area contributed by atoms with Gasteiger partial charge in [0, 0.05) is 75.7 Å². The number of hydrogen-bond donors (Lipinski definition) is 0. The van der Waals surface area contributed by atoms with Crippen LogP contribution in [0.4, 0.5) is 0 Å². The van der Waals surface area contributed by atoms with Crippen molar-refractivity contribution in [2.75, 3.05) is 0 Å². The molecule has 9 nitrogen and oxygen atoms in total. The van der Waals surface area contributed by atoms with Crippen molar-refractivity contribution in [3.05, 3.63) is 273 Å². The lowest BCUT2D eigenvalue weighted by Crippen LogP contribution is -2.06. The van der Waals surface area contributed by atoms with Crippen LogP contribution >= 0.6 is 11.3 Å². The zero-order valence-electron chi connectivity index (χ0n) is 43.4. The SMILES string of the molecule is c1ccc(-c2ccc3c4ccccc4n(-c4ccc(-c5nc(-c6ccccc6)nc(-c6ccccc6)n5)cn4)c3c2)cc1.c1ccc(-c2nc(-c3ccccc3)nc(-n3c4ccccc4c4cc5c(cc43)sc3ccccc35)n2)cc1. The fourth-order valence-corrected chi connectivity index (χ4v) is 12.0. The van der Waals surface area contributed by atoms with Crippen molar-refractivity contribution < 1.29 is 0 Å². The van der Waals surface area contributed by atoms with E-state index in [2.05, 4.69) is 137 Å². The molecule has 0 aliphatic rings. The molecule has 10 aromatic carbocycles. The maximum absolute atomic E-state index is 5.04. The van der Waals surface area contributed by atoms with E-state index >= 15 is 0 Å². The Kier molecular flexibility index (Phi) is 11.8. The number of rotatable bonds is 8. The van der Waals surface area contributed by atoms with Gasteiger partial charge in [-0.2, -0.15) is 9.97 Å². The zero-order chi connectivity index (χ0) is 53.6. The summed E-state index contributed by atoms with van der Waals surface area (Å²) in [5.74, 6) is 4.60. The van der Waals surface area contributed by atoms with Crippen molar-refractivity contribution in [2.45, 2.75) is 0 Å². The van der Waals surface area contributed by atoms with E-state index in [4.69, 9.17) is 34.9 Å². The highest BCUT2D eigenvalue weighted by Crippen LogP contribution is 2.41. The molecule has 0 saturated heterocycles. The van der Waals surface area contributed by atoms with Gasteiger partial charge in [0.05, 0.1) is 22.1 Å². The summed E-state index contributed by atoms with van der Waals surface area (Å²) in [6.07, 6.45) is 1.86. The third-order valence-electron chi connectivity index (χ3n) is 14.8. The number of para-hydroxylation sites is 2. The van der Waals surface area contributed by atoms with Gasteiger partial charge in [-0.05, 0) is 59.7 Å². The molecule has 380 valence electrons. The van der Waals surface area contributed by atoms with Crippen LogP contribution in [0.3, 0.4) is 0 Å². The third kappa shape index (κ3) is 8.73. The number of aromatic nitrogens is 9. The first-order chi connectivity index (χ1) is 40.1. The largest absolute Gasteiger partial charge is 0.294 e. The fraction of sp³-hybridized carbons (Fsp3) is 0. The summed E-state index contributed by atoms with van der Waals surface area (Å²) in [6, 6.07) is 91.7. The molecule has 0 bridgehead atoms. The van der Waals surface area contributed by atoms with Crippen molar-refractivity contribution in [1.82, 2.24) is 44.0 Å². The summed E-state index contributed by atoms with van der Waals surface area (Å²) < 4.78 is 6.97. The topological polar surface area (TPSA) is 100 Å². The van der Waals surface area contributed by atoms with Crippen molar-refractivity contribution in [3.63, 3.8) is 0 Å². The fourth-order valence-electron chi connectivity index (χ4n) is 10.9. The molecule has 16 aromatic rings. The molecule has 0 saturated carbocycles. The minimum atomic E-state index is 0.584. The number of pyridine rings is 1. The molecule has 81 heavy (non-hydrogen) atoms. The maximum atomic E-state index is 5.04.